The Morgan fingerprint density at radius 3 is 2.84 bits per heavy atom. The Labute approximate surface area is 186 Å². The number of hydrogen-bond acceptors (Lipinski definition) is 6. The van der Waals surface area contributed by atoms with Gasteiger partial charge in [0.15, 0.2) is 0 Å². The molecule has 2 aromatic heterocycles. The third-order valence-electron chi connectivity index (χ3n) is 5.45. The Balaban J connectivity index is 1.34. The molecule has 1 aliphatic rings. The van der Waals surface area contributed by atoms with Crippen LogP contribution in [0, 0.1) is 19.7 Å². The smallest absolute Gasteiger partial charge is 0.238 e. The summed E-state index contributed by atoms with van der Waals surface area (Å²) in [7, 11) is 0. The number of aryl methyl sites for hydroxylation is 1. The Morgan fingerprint density at radius 2 is 2.06 bits per heavy atom. The fourth-order valence-electron chi connectivity index (χ4n) is 3.58. The van der Waals surface area contributed by atoms with E-state index in [1.54, 1.807) is 31.5 Å². The number of hydrogen-bond donors (Lipinski definition) is 2. The van der Waals surface area contributed by atoms with Crippen molar-refractivity contribution in [1.29, 1.82) is 0 Å². The van der Waals surface area contributed by atoms with Gasteiger partial charge in [-0.1, -0.05) is 12.1 Å². The second-order valence-electron chi connectivity index (χ2n) is 7.82. The largest absolute Gasteiger partial charge is 0.369 e. The van der Waals surface area contributed by atoms with Crippen molar-refractivity contribution in [1.82, 2.24) is 14.9 Å². The van der Waals surface area contributed by atoms with Crippen molar-refractivity contribution in [3.05, 3.63) is 77.5 Å². The SMILES string of the molecule is Cc1cccnc1Nc1ccc([C@H]2CN(CC(=O)Nc3cccc(F)c3C)CCO2)nc1. The van der Waals surface area contributed by atoms with Crippen molar-refractivity contribution in [3.8, 4) is 0 Å². The van der Waals surface area contributed by atoms with E-state index in [0.717, 1.165) is 22.8 Å². The quantitative estimate of drug-likeness (QED) is 0.610. The number of halogens is 1. The van der Waals surface area contributed by atoms with Crippen LogP contribution in [0.2, 0.25) is 0 Å². The summed E-state index contributed by atoms with van der Waals surface area (Å²) in [5.74, 6) is 0.274. The van der Waals surface area contributed by atoms with E-state index in [9.17, 15) is 9.18 Å². The number of aromatic nitrogens is 2. The summed E-state index contributed by atoms with van der Waals surface area (Å²) >= 11 is 0. The monoisotopic (exact) mass is 435 g/mol. The first-order chi connectivity index (χ1) is 15.5. The molecule has 32 heavy (non-hydrogen) atoms. The van der Waals surface area contributed by atoms with Gasteiger partial charge in [-0.05, 0) is 49.7 Å². The molecule has 1 aromatic carbocycles. The fourth-order valence-corrected chi connectivity index (χ4v) is 3.58. The molecule has 0 unspecified atom stereocenters. The van der Waals surface area contributed by atoms with Crippen LogP contribution >= 0.6 is 0 Å². The van der Waals surface area contributed by atoms with Crippen molar-refractivity contribution in [3.63, 3.8) is 0 Å². The molecule has 0 bridgehead atoms. The molecule has 0 aliphatic carbocycles. The highest BCUT2D eigenvalue weighted by atomic mass is 19.1. The van der Waals surface area contributed by atoms with Gasteiger partial charge in [0.2, 0.25) is 5.91 Å². The third kappa shape index (κ3) is 5.27. The first kappa shape index (κ1) is 21.9. The van der Waals surface area contributed by atoms with E-state index >= 15 is 0 Å². The van der Waals surface area contributed by atoms with Crippen LogP contribution in [0.5, 0.6) is 0 Å². The topological polar surface area (TPSA) is 79.4 Å². The average molecular weight is 436 g/mol. The number of rotatable bonds is 6. The molecule has 1 saturated heterocycles. The van der Waals surface area contributed by atoms with Gasteiger partial charge in [-0.15, -0.1) is 0 Å². The van der Waals surface area contributed by atoms with Gasteiger partial charge in [-0.25, -0.2) is 9.37 Å². The highest BCUT2D eigenvalue weighted by Crippen LogP contribution is 2.23. The maximum Gasteiger partial charge on any atom is 0.238 e. The Hall–Kier alpha value is -3.36. The number of nitrogens with zero attached hydrogens (tertiary/aromatic N) is 3. The zero-order valence-corrected chi connectivity index (χ0v) is 18.1. The molecule has 166 valence electrons. The molecule has 4 rings (SSSR count). The number of amides is 1. The maximum atomic E-state index is 13.7. The number of carbonyl (C=O) groups excluding carboxylic acids is 1. The van der Waals surface area contributed by atoms with Gasteiger partial charge in [0.05, 0.1) is 30.7 Å². The Morgan fingerprint density at radius 1 is 1.19 bits per heavy atom. The number of carbonyl (C=O) groups is 1. The highest BCUT2D eigenvalue weighted by Gasteiger charge is 2.24. The van der Waals surface area contributed by atoms with E-state index in [1.807, 2.05) is 36.1 Å². The van der Waals surface area contributed by atoms with Gasteiger partial charge in [-0.2, -0.15) is 0 Å². The molecule has 8 heteroatoms. The molecule has 2 N–H and O–H groups in total. The van der Waals surface area contributed by atoms with Crippen LogP contribution in [0.3, 0.4) is 0 Å². The second kappa shape index (κ2) is 9.84. The maximum absolute atomic E-state index is 13.7. The van der Waals surface area contributed by atoms with Gasteiger partial charge in [0.1, 0.15) is 17.7 Å². The minimum atomic E-state index is -0.337. The number of pyridine rings is 2. The van der Waals surface area contributed by atoms with E-state index in [0.29, 0.717) is 30.9 Å². The van der Waals surface area contributed by atoms with Crippen LogP contribution in [0.25, 0.3) is 0 Å². The van der Waals surface area contributed by atoms with Gasteiger partial charge in [0.25, 0.3) is 0 Å². The third-order valence-corrected chi connectivity index (χ3v) is 5.45. The number of benzene rings is 1. The zero-order chi connectivity index (χ0) is 22.5. The fraction of sp³-hybridized carbons (Fsp3) is 0.292. The van der Waals surface area contributed by atoms with Crippen LogP contribution in [0.15, 0.2) is 54.9 Å². The molecular weight excluding hydrogens is 409 g/mol. The standard InChI is InChI=1S/C24H26FN5O2/c1-16-5-4-10-26-24(16)28-18-8-9-21(27-13-18)22-14-30(11-12-32-22)15-23(31)29-20-7-3-6-19(25)17(20)2/h3-10,13,22H,11-12,14-15H2,1-2H3,(H,26,28)(H,29,31)/t22-/m1/s1. The van der Waals surface area contributed by atoms with Crippen molar-refractivity contribution in [2.75, 3.05) is 36.9 Å². The molecule has 3 aromatic rings. The van der Waals surface area contributed by atoms with E-state index in [1.165, 1.54) is 6.07 Å². The van der Waals surface area contributed by atoms with Gasteiger partial charge >= 0.3 is 0 Å². The summed E-state index contributed by atoms with van der Waals surface area (Å²) in [6, 6.07) is 12.4. The van der Waals surface area contributed by atoms with Gasteiger partial charge in [-0.3, -0.25) is 14.7 Å². The minimum absolute atomic E-state index is 0.183. The van der Waals surface area contributed by atoms with Crippen molar-refractivity contribution in [2.24, 2.45) is 0 Å². The lowest BCUT2D eigenvalue weighted by Crippen LogP contribution is -2.42. The van der Waals surface area contributed by atoms with E-state index in [-0.39, 0.29) is 24.4 Å². The molecule has 3 heterocycles. The van der Waals surface area contributed by atoms with E-state index < -0.39 is 0 Å². The van der Waals surface area contributed by atoms with E-state index in [4.69, 9.17) is 4.74 Å². The zero-order valence-electron chi connectivity index (χ0n) is 18.1. The van der Waals surface area contributed by atoms with Crippen LogP contribution < -0.4 is 10.6 Å². The van der Waals surface area contributed by atoms with Crippen molar-refractivity contribution < 1.29 is 13.9 Å². The molecule has 7 nitrogen and oxygen atoms in total. The Bertz CT molecular complexity index is 1090. The lowest BCUT2D eigenvalue weighted by Gasteiger charge is -2.32. The van der Waals surface area contributed by atoms with Crippen molar-refractivity contribution >= 4 is 23.1 Å². The highest BCUT2D eigenvalue weighted by molar-refractivity contribution is 5.93. The number of ether oxygens (including phenoxy) is 1. The first-order valence-corrected chi connectivity index (χ1v) is 10.5. The summed E-state index contributed by atoms with van der Waals surface area (Å²) in [6.45, 7) is 5.54. The second-order valence-corrected chi connectivity index (χ2v) is 7.82. The lowest BCUT2D eigenvalue weighted by molar-refractivity contribution is -0.119. The Kier molecular flexibility index (Phi) is 6.72. The summed E-state index contributed by atoms with van der Waals surface area (Å²) < 4.78 is 19.6. The normalized spacial score (nSPS) is 16.5. The molecule has 0 radical (unpaired) electrons. The number of anilines is 3. The predicted molar refractivity (Wildman–Crippen MR) is 121 cm³/mol. The summed E-state index contributed by atoms with van der Waals surface area (Å²) in [5, 5.41) is 6.06. The van der Waals surface area contributed by atoms with Crippen LogP contribution in [-0.4, -0.2) is 47.0 Å². The van der Waals surface area contributed by atoms with Crippen LogP contribution in [-0.2, 0) is 9.53 Å². The minimum Gasteiger partial charge on any atom is -0.369 e. The summed E-state index contributed by atoms with van der Waals surface area (Å²) in [6.07, 6.45) is 3.27. The van der Waals surface area contributed by atoms with Gasteiger partial charge < -0.3 is 15.4 Å². The van der Waals surface area contributed by atoms with Gasteiger partial charge in [0, 0.05) is 30.5 Å². The molecule has 1 atom stereocenters. The molecule has 0 spiro atoms. The molecule has 1 amide bonds. The summed E-state index contributed by atoms with van der Waals surface area (Å²) in [5.41, 5.74) is 3.62. The van der Waals surface area contributed by atoms with Crippen LogP contribution in [0.1, 0.15) is 22.9 Å². The molecule has 0 saturated carbocycles. The molecule has 1 aliphatic heterocycles. The number of nitrogens with one attached hydrogen (secondary N) is 2. The predicted octanol–water partition coefficient (Wildman–Crippen LogP) is 3.99. The first-order valence-electron chi connectivity index (χ1n) is 10.5. The lowest BCUT2D eigenvalue weighted by atomic mass is 10.1. The average Bonchev–Trinajstić information content (AvgIpc) is 2.79. The molecule has 1 fully saturated rings. The number of morpholine rings is 1. The molecular formula is C24H26FN5O2. The van der Waals surface area contributed by atoms with E-state index in [2.05, 4.69) is 20.6 Å². The van der Waals surface area contributed by atoms with Crippen LogP contribution in [0.4, 0.5) is 21.6 Å². The summed E-state index contributed by atoms with van der Waals surface area (Å²) in [4.78, 5) is 23.4. The van der Waals surface area contributed by atoms with Crippen molar-refractivity contribution in [2.45, 2.75) is 20.0 Å².